The summed E-state index contributed by atoms with van der Waals surface area (Å²) in [5.41, 5.74) is 1.97. The fraction of sp³-hybridized carbons (Fsp3) is 0.286. The Labute approximate surface area is 189 Å². The van der Waals surface area contributed by atoms with Crippen molar-refractivity contribution in [1.29, 1.82) is 0 Å². The van der Waals surface area contributed by atoms with Crippen molar-refractivity contribution in [3.8, 4) is 0 Å². The highest BCUT2D eigenvalue weighted by molar-refractivity contribution is 7.92. The van der Waals surface area contributed by atoms with Crippen LogP contribution < -0.4 is 4.90 Å². The number of halogens is 3. The molecule has 0 amide bonds. The van der Waals surface area contributed by atoms with Crippen LogP contribution in [0.25, 0.3) is 0 Å². The summed E-state index contributed by atoms with van der Waals surface area (Å²) in [5.74, 6) is -0.441. The second kappa shape index (κ2) is 8.83. The minimum absolute atomic E-state index is 0.181. The van der Waals surface area contributed by atoms with Crippen molar-refractivity contribution in [2.24, 2.45) is 0 Å². The second-order valence-corrected chi connectivity index (χ2v) is 11.1. The van der Waals surface area contributed by atoms with Crippen LogP contribution in [0.15, 0.2) is 52.7 Å². The van der Waals surface area contributed by atoms with Gasteiger partial charge in [-0.1, -0.05) is 29.3 Å². The van der Waals surface area contributed by atoms with Crippen molar-refractivity contribution in [3.05, 3.63) is 75.0 Å². The van der Waals surface area contributed by atoms with E-state index in [2.05, 4.69) is 4.90 Å². The number of anilines is 1. The van der Waals surface area contributed by atoms with E-state index in [0.29, 0.717) is 42.4 Å². The molecular formula is C21H19Cl2FN2O2S2. The first kappa shape index (κ1) is 21.6. The molecule has 1 aromatic heterocycles. The molecule has 30 heavy (non-hydrogen) atoms. The summed E-state index contributed by atoms with van der Waals surface area (Å²) in [4.78, 5) is 7.02. The summed E-state index contributed by atoms with van der Waals surface area (Å²) in [6, 6.07) is 10.6. The molecule has 0 unspecified atom stereocenters. The summed E-state index contributed by atoms with van der Waals surface area (Å²) in [7, 11) is -3.46. The van der Waals surface area contributed by atoms with Crippen LogP contribution in [0, 0.1) is 5.82 Å². The number of aromatic nitrogens is 1. The molecule has 1 fully saturated rings. The largest absolute Gasteiger partial charge is 0.348 e. The lowest BCUT2D eigenvalue weighted by Gasteiger charge is -2.31. The van der Waals surface area contributed by atoms with Crippen LogP contribution in [0.5, 0.6) is 0 Å². The van der Waals surface area contributed by atoms with Crippen molar-refractivity contribution in [3.63, 3.8) is 0 Å². The topological polar surface area (TPSA) is 50.3 Å². The number of hydrogen-bond acceptors (Lipinski definition) is 5. The maximum absolute atomic E-state index is 13.1. The van der Waals surface area contributed by atoms with Crippen LogP contribution in [-0.4, -0.2) is 31.7 Å². The molecule has 0 aliphatic carbocycles. The zero-order valence-corrected chi connectivity index (χ0v) is 19.0. The van der Waals surface area contributed by atoms with E-state index in [1.807, 2.05) is 17.5 Å². The van der Waals surface area contributed by atoms with Gasteiger partial charge in [-0.15, -0.1) is 11.3 Å². The molecule has 2 aromatic carbocycles. The Morgan fingerprint density at radius 1 is 1.07 bits per heavy atom. The maximum Gasteiger partial charge on any atom is 0.185 e. The van der Waals surface area contributed by atoms with Crippen molar-refractivity contribution in [2.45, 2.75) is 29.4 Å². The summed E-state index contributed by atoms with van der Waals surface area (Å²) in [6.07, 6.45) is 1.69. The maximum atomic E-state index is 13.1. The van der Waals surface area contributed by atoms with Gasteiger partial charge >= 0.3 is 0 Å². The number of thiazole rings is 1. The van der Waals surface area contributed by atoms with Crippen molar-refractivity contribution < 1.29 is 12.8 Å². The number of sulfone groups is 1. The standard InChI is InChI=1S/C21H19Cl2FN2O2S2/c22-19-6-1-14(12-20(19)23)11-16-13-29-21(25-16)26-9-7-18(8-10-26)30(27,28)17-4-2-15(24)3-5-17/h1-6,12-13,18H,7-11H2. The SMILES string of the molecule is O=S(=O)(c1ccc(F)cc1)C1CCN(c2nc(Cc3ccc(Cl)c(Cl)c3)cs2)CC1. The van der Waals surface area contributed by atoms with Gasteiger partial charge in [-0.3, -0.25) is 0 Å². The monoisotopic (exact) mass is 484 g/mol. The highest BCUT2D eigenvalue weighted by Crippen LogP contribution is 2.30. The summed E-state index contributed by atoms with van der Waals surface area (Å²) in [5, 5.41) is 3.49. The van der Waals surface area contributed by atoms with Crippen molar-refractivity contribution in [2.75, 3.05) is 18.0 Å². The fourth-order valence-corrected chi connectivity index (χ4v) is 6.49. The lowest BCUT2D eigenvalue weighted by Crippen LogP contribution is -2.39. The molecule has 1 saturated heterocycles. The van der Waals surface area contributed by atoms with Crippen molar-refractivity contribution >= 4 is 49.5 Å². The number of hydrogen-bond donors (Lipinski definition) is 0. The first-order chi connectivity index (χ1) is 14.3. The predicted molar refractivity (Wildman–Crippen MR) is 120 cm³/mol. The lowest BCUT2D eigenvalue weighted by molar-refractivity contribution is 0.529. The first-order valence-corrected chi connectivity index (χ1v) is 12.6. The third-order valence-electron chi connectivity index (χ3n) is 5.20. The molecule has 1 aliphatic heterocycles. The minimum atomic E-state index is -3.46. The molecular weight excluding hydrogens is 466 g/mol. The smallest absolute Gasteiger partial charge is 0.185 e. The number of benzene rings is 2. The van der Waals surface area contributed by atoms with Crippen LogP contribution in [0.1, 0.15) is 24.1 Å². The summed E-state index contributed by atoms with van der Waals surface area (Å²) >= 11 is 13.6. The van der Waals surface area contributed by atoms with E-state index in [1.165, 1.54) is 24.3 Å². The number of piperidine rings is 1. The zero-order chi connectivity index (χ0) is 21.3. The molecule has 4 rings (SSSR count). The molecule has 0 atom stereocenters. The molecule has 0 N–H and O–H groups in total. The normalized spacial score (nSPS) is 15.5. The third-order valence-corrected chi connectivity index (χ3v) is 9.17. The number of nitrogens with zero attached hydrogens (tertiary/aromatic N) is 2. The Morgan fingerprint density at radius 3 is 2.43 bits per heavy atom. The average Bonchev–Trinajstić information content (AvgIpc) is 3.20. The summed E-state index contributed by atoms with van der Waals surface area (Å²) < 4.78 is 38.8. The van der Waals surface area contributed by atoms with Crippen LogP contribution in [-0.2, 0) is 16.3 Å². The molecule has 0 saturated carbocycles. The predicted octanol–water partition coefficient (Wildman–Crippen LogP) is 5.62. The third kappa shape index (κ3) is 4.64. The van der Waals surface area contributed by atoms with Crippen LogP contribution in [0.2, 0.25) is 10.0 Å². The van der Waals surface area contributed by atoms with Gasteiger partial charge in [0.05, 0.1) is 25.9 Å². The van der Waals surface area contributed by atoms with Crippen LogP contribution >= 0.6 is 34.5 Å². The van der Waals surface area contributed by atoms with E-state index in [1.54, 1.807) is 17.4 Å². The molecule has 3 aromatic rings. The fourth-order valence-electron chi connectivity index (χ4n) is 3.56. The molecule has 0 radical (unpaired) electrons. The van der Waals surface area contributed by atoms with Gasteiger partial charge < -0.3 is 4.90 Å². The Balaban J connectivity index is 1.40. The van der Waals surface area contributed by atoms with Gasteiger partial charge in [0.15, 0.2) is 15.0 Å². The Bertz CT molecular complexity index is 1140. The number of rotatable bonds is 5. The average molecular weight is 485 g/mol. The van der Waals surface area contributed by atoms with Gasteiger partial charge in [-0.05, 0) is 54.8 Å². The van der Waals surface area contributed by atoms with E-state index >= 15 is 0 Å². The van der Waals surface area contributed by atoms with Gasteiger partial charge in [0.2, 0.25) is 0 Å². The molecule has 9 heteroatoms. The van der Waals surface area contributed by atoms with Gasteiger partial charge in [-0.25, -0.2) is 17.8 Å². The van der Waals surface area contributed by atoms with E-state index in [-0.39, 0.29) is 4.90 Å². The first-order valence-electron chi connectivity index (χ1n) is 9.45. The highest BCUT2D eigenvalue weighted by atomic mass is 35.5. The lowest BCUT2D eigenvalue weighted by atomic mass is 10.1. The Kier molecular flexibility index (Phi) is 6.34. The second-order valence-electron chi connectivity index (χ2n) is 7.23. The molecule has 158 valence electrons. The zero-order valence-electron chi connectivity index (χ0n) is 15.9. The van der Waals surface area contributed by atoms with E-state index < -0.39 is 20.9 Å². The van der Waals surface area contributed by atoms with Gasteiger partial charge in [0.1, 0.15) is 5.82 Å². The van der Waals surface area contributed by atoms with E-state index in [9.17, 15) is 12.8 Å². The molecule has 0 spiro atoms. The molecule has 4 nitrogen and oxygen atoms in total. The summed E-state index contributed by atoms with van der Waals surface area (Å²) in [6.45, 7) is 1.23. The molecule has 0 bridgehead atoms. The minimum Gasteiger partial charge on any atom is -0.348 e. The van der Waals surface area contributed by atoms with Gasteiger partial charge in [0, 0.05) is 24.9 Å². The van der Waals surface area contributed by atoms with Crippen LogP contribution in [0.3, 0.4) is 0 Å². The van der Waals surface area contributed by atoms with Crippen LogP contribution in [0.4, 0.5) is 9.52 Å². The Hall–Kier alpha value is -1.67. The van der Waals surface area contributed by atoms with E-state index in [0.717, 1.165) is 16.4 Å². The van der Waals surface area contributed by atoms with E-state index in [4.69, 9.17) is 28.2 Å². The molecule has 1 aliphatic rings. The van der Waals surface area contributed by atoms with Gasteiger partial charge in [0.25, 0.3) is 0 Å². The Morgan fingerprint density at radius 2 is 1.77 bits per heavy atom. The molecule has 2 heterocycles. The van der Waals surface area contributed by atoms with Gasteiger partial charge in [-0.2, -0.15) is 0 Å². The highest BCUT2D eigenvalue weighted by Gasteiger charge is 2.32. The van der Waals surface area contributed by atoms with Crippen molar-refractivity contribution in [1.82, 2.24) is 4.98 Å². The quantitative estimate of drug-likeness (QED) is 0.440.